The Kier molecular flexibility index (Phi) is 9.59. The van der Waals surface area contributed by atoms with Crippen molar-refractivity contribution < 1.29 is 14.3 Å². The molecule has 0 aliphatic carbocycles. The molecule has 1 N–H and O–H groups in total. The first-order chi connectivity index (χ1) is 18.3. The van der Waals surface area contributed by atoms with Crippen LogP contribution >= 0.6 is 0 Å². The Hall–Kier alpha value is -3.61. The summed E-state index contributed by atoms with van der Waals surface area (Å²) in [6, 6.07) is 17.1. The van der Waals surface area contributed by atoms with Gasteiger partial charge in [-0.05, 0) is 53.8 Å². The molecule has 2 amide bonds. The number of hydrogen-bond acceptors (Lipinski definition) is 4. The van der Waals surface area contributed by atoms with Gasteiger partial charge in [0.05, 0.1) is 18.5 Å². The predicted octanol–water partition coefficient (Wildman–Crippen LogP) is 6.75. The Morgan fingerprint density at radius 2 is 1.56 bits per heavy atom. The number of ether oxygens (including phenoxy) is 1. The molecule has 210 valence electrons. The molecule has 0 bridgehead atoms. The molecule has 0 saturated heterocycles. The topological polar surface area (TPSA) is 76.5 Å². The second-order valence-corrected chi connectivity index (χ2v) is 12.1. The minimum absolute atomic E-state index is 0.00101. The van der Waals surface area contributed by atoms with Crippen molar-refractivity contribution in [1.29, 1.82) is 0 Å². The zero-order chi connectivity index (χ0) is 28.8. The zero-order valence-electron chi connectivity index (χ0n) is 24.8. The van der Waals surface area contributed by atoms with Crippen LogP contribution in [-0.2, 0) is 15.6 Å². The number of carbonyl (C=O) groups excluding carboxylic acids is 2. The number of unbranched alkanes of at least 4 members (excludes halogenated alkanes) is 2. The largest absolute Gasteiger partial charge is 0.497 e. The maximum Gasteiger partial charge on any atom is 0.254 e. The van der Waals surface area contributed by atoms with E-state index in [0.29, 0.717) is 17.9 Å². The Balaban J connectivity index is 1.85. The van der Waals surface area contributed by atoms with Crippen LogP contribution in [0.1, 0.15) is 89.3 Å². The monoisotopic (exact) mass is 532 g/mol. The van der Waals surface area contributed by atoms with Crippen LogP contribution in [0.3, 0.4) is 0 Å². The fourth-order valence-corrected chi connectivity index (χ4v) is 4.21. The summed E-state index contributed by atoms with van der Waals surface area (Å²) >= 11 is 0. The Morgan fingerprint density at radius 1 is 0.923 bits per heavy atom. The van der Waals surface area contributed by atoms with Gasteiger partial charge in [0.2, 0.25) is 5.91 Å². The van der Waals surface area contributed by atoms with Crippen molar-refractivity contribution in [3.63, 3.8) is 0 Å². The molecule has 7 heteroatoms. The highest BCUT2D eigenvalue weighted by Crippen LogP contribution is 2.27. The lowest BCUT2D eigenvalue weighted by molar-refractivity contribution is -0.117. The molecule has 0 atom stereocenters. The summed E-state index contributed by atoms with van der Waals surface area (Å²) < 4.78 is 7.02. The van der Waals surface area contributed by atoms with E-state index in [2.05, 4.69) is 53.8 Å². The molecule has 3 aromatic rings. The van der Waals surface area contributed by atoms with Crippen LogP contribution in [-0.4, -0.2) is 46.7 Å². The predicted molar refractivity (Wildman–Crippen MR) is 158 cm³/mol. The zero-order valence-corrected chi connectivity index (χ0v) is 24.8. The maximum atomic E-state index is 13.5. The van der Waals surface area contributed by atoms with Crippen LogP contribution in [0.4, 0.5) is 5.82 Å². The van der Waals surface area contributed by atoms with E-state index < -0.39 is 0 Å². The molecule has 2 aromatic carbocycles. The minimum atomic E-state index is -0.263. The number of nitrogens with zero attached hydrogens (tertiary/aromatic N) is 3. The van der Waals surface area contributed by atoms with Gasteiger partial charge < -0.3 is 15.0 Å². The fourth-order valence-electron chi connectivity index (χ4n) is 4.21. The number of carbonyl (C=O) groups is 2. The average molecular weight is 533 g/mol. The van der Waals surface area contributed by atoms with Gasteiger partial charge >= 0.3 is 0 Å². The van der Waals surface area contributed by atoms with E-state index in [1.165, 1.54) is 0 Å². The lowest BCUT2D eigenvalue weighted by Crippen LogP contribution is -2.39. The average Bonchev–Trinajstić information content (AvgIpc) is 3.31. The highest BCUT2D eigenvalue weighted by atomic mass is 16.5. The molecule has 7 nitrogen and oxygen atoms in total. The van der Waals surface area contributed by atoms with E-state index in [0.717, 1.165) is 42.0 Å². The molecule has 0 spiro atoms. The Morgan fingerprint density at radius 3 is 2.10 bits per heavy atom. The van der Waals surface area contributed by atoms with Crippen molar-refractivity contribution in [2.24, 2.45) is 0 Å². The van der Waals surface area contributed by atoms with E-state index in [9.17, 15) is 9.59 Å². The molecule has 0 aliphatic rings. The fraction of sp³-hybridized carbons (Fsp3) is 0.469. The van der Waals surface area contributed by atoms with Crippen molar-refractivity contribution in [2.75, 3.05) is 25.5 Å². The van der Waals surface area contributed by atoms with Crippen molar-refractivity contribution in [1.82, 2.24) is 14.7 Å². The number of benzene rings is 2. The van der Waals surface area contributed by atoms with Gasteiger partial charge in [0.25, 0.3) is 5.91 Å². The van der Waals surface area contributed by atoms with Gasteiger partial charge in [-0.1, -0.05) is 73.4 Å². The highest BCUT2D eigenvalue weighted by molar-refractivity contribution is 5.99. The summed E-state index contributed by atoms with van der Waals surface area (Å²) in [5.41, 5.74) is 3.20. The minimum Gasteiger partial charge on any atom is -0.497 e. The van der Waals surface area contributed by atoms with Crippen LogP contribution in [0.15, 0.2) is 54.6 Å². The van der Waals surface area contributed by atoms with Crippen LogP contribution < -0.4 is 10.1 Å². The van der Waals surface area contributed by atoms with Gasteiger partial charge in [-0.25, -0.2) is 4.68 Å². The quantitative estimate of drug-likeness (QED) is 0.293. The number of anilines is 1. The normalized spacial score (nSPS) is 11.8. The Bertz CT molecular complexity index is 1250. The molecular weight excluding hydrogens is 488 g/mol. The van der Waals surface area contributed by atoms with Crippen molar-refractivity contribution >= 4 is 17.6 Å². The van der Waals surface area contributed by atoms with Gasteiger partial charge in [-0.2, -0.15) is 5.10 Å². The lowest BCUT2D eigenvalue weighted by Gasteiger charge is -2.23. The Labute approximate surface area is 233 Å². The summed E-state index contributed by atoms with van der Waals surface area (Å²) in [7, 11) is 1.62. The van der Waals surface area contributed by atoms with Crippen LogP contribution in [0, 0.1) is 0 Å². The van der Waals surface area contributed by atoms with E-state index in [4.69, 9.17) is 9.84 Å². The first-order valence-electron chi connectivity index (χ1n) is 13.8. The second-order valence-electron chi connectivity index (χ2n) is 12.1. The van der Waals surface area contributed by atoms with Crippen molar-refractivity contribution in [3.8, 4) is 11.4 Å². The molecule has 0 fully saturated rings. The number of hydrogen-bond donors (Lipinski definition) is 1. The molecular formula is C32H44N4O3. The van der Waals surface area contributed by atoms with Crippen LogP contribution in [0.25, 0.3) is 5.69 Å². The van der Waals surface area contributed by atoms with Gasteiger partial charge in [-0.15, -0.1) is 0 Å². The van der Waals surface area contributed by atoms with Gasteiger partial charge in [0, 0.05) is 23.6 Å². The van der Waals surface area contributed by atoms with Crippen LogP contribution in [0.2, 0.25) is 0 Å². The smallest absolute Gasteiger partial charge is 0.254 e. The molecule has 0 radical (unpaired) electrons. The lowest BCUT2D eigenvalue weighted by atomic mass is 9.86. The van der Waals surface area contributed by atoms with E-state index in [1.807, 2.05) is 54.6 Å². The SMILES string of the molecule is CCCCCN(CC(=O)Nc1cc(C(C)(C)C)nn1-c1ccc(OC)cc1)C(=O)c1ccc(C(C)(C)C)cc1. The molecule has 0 aliphatic heterocycles. The molecule has 3 rings (SSSR count). The number of amides is 2. The first-order valence-corrected chi connectivity index (χ1v) is 13.8. The number of methoxy groups -OCH3 is 1. The van der Waals surface area contributed by atoms with E-state index >= 15 is 0 Å². The molecule has 1 heterocycles. The molecule has 0 saturated carbocycles. The summed E-state index contributed by atoms with van der Waals surface area (Å²) in [6.45, 7) is 15.3. The number of rotatable bonds is 10. The van der Waals surface area contributed by atoms with Gasteiger partial charge in [0.1, 0.15) is 18.1 Å². The van der Waals surface area contributed by atoms with E-state index in [-0.39, 0.29) is 29.2 Å². The van der Waals surface area contributed by atoms with Gasteiger partial charge in [0.15, 0.2) is 0 Å². The highest BCUT2D eigenvalue weighted by Gasteiger charge is 2.24. The first kappa shape index (κ1) is 29.9. The maximum absolute atomic E-state index is 13.5. The standard InChI is InChI=1S/C32H44N4O3/c1-9-10-11-20-35(30(38)23-12-14-24(15-13-23)31(2,3)4)22-29(37)33-28-21-27(32(5,6)7)34-36(28)25-16-18-26(39-8)19-17-25/h12-19,21H,9-11,20,22H2,1-8H3,(H,33,37). The summed E-state index contributed by atoms with van der Waals surface area (Å²) in [6.07, 6.45) is 2.87. The summed E-state index contributed by atoms with van der Waals surface area (Å²) in [5.74, 6) is 0.900. The number of aromatic nitrogens is 2. The van der Waals surface area contributed by atoms with E-state index in [1.54, 1.807) is 16.7 Å². The van der Waals surface area contributed by atoms with Gasteiger partial charge in [-0.3, -0.25) is 9.59 Å². The summed E-state index contributed by atoms with van der Waals surface area (Å²) in [5, 5.41) is 7.81. The summed E-state index contributed by atoms with van der Waals surface area (Å²) in [4.78, 5) is 28.5. The second kappa shape index (κ2) is 12.5. The molecule has 1 aromatic heterocycles. The van der Waals surface area contributed by atoms with Crippen molar-refractivity contribution in [2.45, 2.75) is 78.6 Å². The third kappa shape index (κ3) is 7.94. The van der Waals surface area contributed by atoms with Crippen molar-refractivity contribution in [3.05, 3.63) is 71.4 Å². The third-order valence-electron chi connectivity index (χ3n) is 6.71. The number of nitrogens with one attached hydrogen (secondary N) is 1. The third-order valence-corrected chi connectivity index (χ3v) is 6.71. The molecule has 39 heavy (non-hydrogen) atoms. The molecule has 0 unspecified atom stereocenters. The van der Waals surface area contributed by atoms with Crippen LogP contribution in [0.5, 0.6) is 5.75 Å².